The van der Waals surface area contributed by atoms with Gasteiger partial charge in [-0.05, 0) is 6.92 Å². The molecule has 5 amide bonds. The minimum Gasteiger partial charge on any atom is -0.394 e. The van der Waals surface area contributed by atoms with Crippen LogP contribution in [-0.4, -0.2) is 481 Å². The second kappa shape index (κ2) is 42.3. The van der Waals surface area contributed by atoms with E-state index in [2.05, 4.69) is 26.6 Å². The lowest BCUT2D eigenvalue weighted by atomic mass is 9.93. The highest BCUT2D eigenvalue weighted by Gasteiger charge is 2.61. The van der Waals surface area contributed by atoms with Crippen LogP contribution in [0.2, 0.25) is 0 Å². The molecule has 8 heterocycles. The third-order valence-corrected chi connectivity index (χ3v) is 20.4. The van der Waals surface area contributed by atoms with Crippen LogP contribution in [0.25, 0.3) is 0 Å². The van der Waals surface area contributed by atoms with E-state index in [4.69, 9.17) is 75.8 Å². The summed E-state index contributed by atoms with van der Waals surface area (Å²) in [5.41, 5.74) is 0. The predicted octanol–water partition coefficient (Wildman–Crippen LogP) is -19.2. The van der Waals surface area contributed by atoms with Crippen LogP contribution in [0.3, 0.4) is 0 Å². The van der Waals surface area contributed by atoms with Gasteiger partial charge in [0.25, 0.3) is 0 Å². The van der Waals surface area contributed by atoms with E-state index in [0.717, 1.165) is 34.6 Å². The van der Waals surface area contributed by atoms with Crippen molar-refractivity contribution in [2.45, 2.75) is 311 Å². The fraction of sp³-hybridized carbons (Fsp3) is 0.922. The average molecular weight is 1670 g/mol. The van der Waals surface area contributed by atoms with Crippen LogP contribution in [0.1, 0.15) is 41.5 Å². The van der Waals surface area contributed by atoms with Gasteiger partial charge in [-0.2, -0.15) is 0 Å². The molecule has 0 saturated carbocycles. The Labute approximate surface area is 647 Å². The van der Waals surface area contributed by atoms with Crippen LogP contribution in [0.5, 0.6) is 0 Å². The molecule has 0 spiro atoms. The fourth-order valence-electron chi connectivity index (χ4n) is 14.3. The molecule has 8 saturated heterocycles. The molecular weight excluding hydrogens is 1560 g/mol. The first-order valence-electron chi connectivity index (χ1n) is 36.4. The van der Waals surface area contributed by atoms with Gasteiger partial charge >= 0.3 is 0 Å². The van der Waals surface area contributed by atoms with E-state index in [1.54, 1.807) is 0 Å². The summed E-state index contributed by atoms with van der Waals surface area (Å²) in [4.78, 5) is 64.0. The zero-order valence-corrected chi connectivity index (χ0v) is 62.1. The number of amides is 5. The number of hydrogen-bond acceptors (Lipinski definition) is 45. The van der Waals surface area contributed by atoms with Gasteiger partial charge in [0, 0.05) is 34.6 Å². The number of carbonyl (C=O) groups excluding carboxylic acids is 5. The van der Waals surface area contributed by atoms with E-state index in [1.807, 2.05) is 0 Å². The summed E-state index contributed by atoms with van der Waals surface area (Å²) in [6.45, 7) is -4.39. The zero-order chi connectivity index (χ0) is 84.5. The normalized spacial score (nSPS) is 45.3. The van der Waals surface area contributed by atoms with E-state index in [1.165, 1.54) is 6.92 Å². The number of hydrogen-bond donors (Lipinski definition) is 29. The summed E-state index contributed by atoms with van der Waals surface area (Å²) in [7, 11) is 0. The highest BCUT2D eigenvalue weighted by molar-refractivity contribution is 5.75. The topological polar surface area (TPSA) is 779 Å². The number of nitrogens with one attached hydrogen (secondary N) is 5. The smallest absolute Gasteiger partial charge is 0.217 e. The molecule has 0 aromatic rings. The molecule has 8 aliphatic heterocycles. The Morgan fingerprint density at radius 3 is 1.10 bits per heavy atom. The summed E-state index contributed by atoms with van der Waals surface area (Å²) < 4.78 is 97.2. The second-order valence-electron chi connectivity index (χ2n) is 28.7. The van der Waals surface area contributed by atoms with Crippen molar-refractivity contribution in [2.24, 2.45) is 0 Å². The van der Waals surface area contributed by atoms with Crippen molar-refractivity contribution in [1.82, 2.24) is 26.6 Å². The van der Waals surface area contributed by atoms with Crippen molar-refractivity contribution in [3.63, 3.8) is 0 Å². The number of aliphatic hydroxyl groups excluding tert-OH is 24. The van der Waals surface area contributed by atoms with Gasteiger partial charge in [0.1, 0.15) is 207 Å². The van der Waals surface area contributed by atoms with Gasteiger partial charge in [0.2, 0.25) is 29.5 Å². The standard InChI is InChI=1S/C64H109N5O45/c1-16-35(83)46(94)49(97)61(101-16)99-14-23(82)51(36(84)22(7-70)65-17(2)77)109-60-34(69-21(6)81)45(93)52(29(13-76)107-60)110-62-50(98)54(112-64-56(48(96)41(89)28(12-75)106-64)114-59-33(68-20(5)80)44(92)39(87)26(10-73)104-59)53(111-57-31(66-18(3)78)42(90)37(85)24(8-71)102-57)30(108-62)15-100-63-55(47(95)40(88)27(11-74)105-63)113-58-32(67-19(4)79)43(91)38(86)25(9-72)103-58/h16,22-64,70-76,82-98H,7-15H2,1-6H3,(H,65,77)(H,66,78)(H,67,79)(H,68,80)(H,69,81)/t16-,22-,23+,24+,25+,26+,27+,28+,29+,30+,31+,32+,33+,34+,35+,36+,37+,38+,39+,40+,41+,42+,43+,44+,45+,46+,47-,48-,49-,50-,51+,52+,53+,54+,55-,56-,57-,58-,59-,60-,61+,62+,63-,64+/m0/s1. The Hall–Kier alpha value is -4.25. The third-order valence-electron chi connectivity index (χ3n) is 20.4. The molecule has 8 rings (SSSR count). The van der Waals surface area contributed by atoms with Crippen molar-refractivity contribution < 1.29 is 222 Å². The number of ether oxygens (including phenoxy) is 16. The zero-order valence-electron chi connectivity index (χ0n) is 62.1. The fourth-order valence-corrected chi connectivity index (χ4v) is 14.3. The molecule has 44 atom stereocenters. The van der Waals surface area contributed by atoms with E-state index in [9.17, 15) is 147 Å². The average Bonchev–Trinajstić information content (AvgIpc) is 0.760. The second-order valence-corrected chi connectivity index (χ2v) is 28.7. The Balaban J connectivity index is 1.27. The SMILES string of the molecule is CC(=O)N[C@H]1[C@H](O[C@@H]([C@H](O)[C@H](CO)NC(C)=O)[C@H](O)CO[C@@H]2O[C@@H](C)[C@@H](O)[C@@H](O)[C@@H]2O)O[C@H](CO)[C@@H](O[C@H]2O[C@H](CO[C@H]3O[C@H](CO)[C@@H](O)[C@H](O)[C@@H]3O[C@@H]3O[C@H](CO)[C@@H](O)[C@H](O)[C@H]3NC(C)=O)[C@@H](O[C@@H]3O[C@H](CO)[C@@H](O)[C@H](O)[C@H]3NC(C)=O)[C@H](O[C@H]3O[C@H](CO)[C@@H](O)[C@H](O)[C@@H]3O[C@@H]3O[C@H](CO)[C@@H](O)[C@H](O)[C@H]3NC(C)=O)[C@@H]2O)[C@@H]1O. The maximum absolute atomic E-state index is 13.3. The van der Waals surface area contributed by atoms with Crippen molar-refractivity contribution in [2.75, 3.05) is 59.5 Å². The van der Waals surface area contributed by atoms with Gasteiger partial charge < -0.3 is 225 Å². The van der Waals surface area contributed by atoms with Gasteiger partial charge in [-0.3, -0.25) is 24.0 Å². The van der Waals surface area contributed by atoms with E-state index in [0.29, 0.717) is 0 Å². The molecule has 0 unspecified atom stereocenters. The van der Waals surface area contributed by atoms with Gasteiger partial charge in [-0.25, -0.2) is 0 Å². The molecule has 50 heteroatoms. The van der Waals surface area contributed by atoms with Crippen LogP contribution in [-0.2, 0) is 99.8 Å². The van der Waals surface area contributed by atoms with Gasteiger partial charge in [-0.1, -0.05) is 0 Å². The lowest BCUT2D eigenvalue weighted by Gasteiger charge is -2.52. The summed E-state index contributed by atoms with van der Waals surface area (Å²) in [6, 6.07) is -9.52. The van der Waals surface area contributed by atoms with E-state index >= 15 is 0 Å². The molecule has 50 nitrogen and oxygen atoms in total. The van der Waals surface area contributed by atoms with Crippen molar-refractivity contribution in [3.05, 3.63) is 0 Å². The molecule has 0 radical (unpaired) electrons. The molecule has 8 fully saturated rings. The Morgan fingerprint density at radius 2 is 0.684 bits per heavy atom. The number of carbonyl (C=O) groups is 5. The first-order valence-corrected chi connectivity index (χ1v) is 36.4. The minimum absolute atomic E-state index is 0.871. The number of aliphatic hydroxyl groups is 24. The Bertz CT molecular complexity index is 3030. The highest BCUT2D eigenvalue weighted by atomic mass is 16.8. The minimum atomic E-state index is -2.72. The van der Waals surface area contributed by atoms with Crippen LogP contribution < -0.4 is 26.6 Å². The predicted molar refractivity (Wildman–Crippen MR) is 356 cm³/mol. The molecule has 114 heavy (non-hydrogen) atoms. The van der Waals surface area contributed by atoms with Crippen LogP contribution >= 0.6 is 0 Å². The van der Waals surface area contributed by atoms with Crippen LogP contribution in [0.4, 0.5) is 0 Å². The van der Waals surface area contributed by atoms with Gasteiger partial charge in [0.15, 0.2) is 50.3 Å². The van der Waals surface area contributed by atoms with Crippen molar-refractivity contribution in [3.8, 4) is 0 Å². The molecule has 29 N–H and O–H groups in total. The van der Waals surface area contributed by atoms with E-state index in [-0.39, 0.29) is 0 Å². The molecule has 0 aliphatic carbocycles. The highest BCUT2D eigenvalue weighted by Crippen LogP contribution is 2.40. The van der Waals surface area contributed by atoms with Crippen molar-refractivity contribution >= 4 is 29.5 Å². The van der Waals surface area contributed by atoms with Crippen LogP contribution in [0.15, 0.2) is 0 Å². The Kier molecular flexibility index (Phi) is 35.3. The summed E-state index contributed by atoms with van der Waals surface area (Å²) >= 11 is 0. The maximum atomic E-state index is 13.3. The molecule has 0 aromatic heterocycles. The van der Waals surface area contributed by atoms with Gasteiger partial charge in [0.05, 0.1) is 71.6 Å². The molecular formula is C64H109N5O45. The summed E-state index contributed by atoms with van der Waals surface area (Å²) in [6.07, 6.45) is -83.4. The molecule has 660 valence electrons. The Morgan fingerprint density at radius 1 is 0.325 bits per heavy atom. The lowest BCUT2D eigenvalue weighted by molar-refractivity contribution is -0.407. The van der Waals surface area contributed by atoms with E-state index < -0.39 is 359 Å². The molecule has 0 aromatic carbocycles. The first-order chi connectivity index (χ1) is 53.8. The molecule has 8 aliphatic rings. The van der Waals surface area contributed by atoms with Crippen LogP contribution in [0, 0.1) is 0 Å². The summed E-state index contributed by atoms with van der Waals surface area (Å²) in [5, 5.41) is 281. The first kappa shape index (κ1) is 95.2. The number of rotatable bonds is 33. The van der Waals surface area contributed by atoms with Crippen molar-refractivity contribution in [1.29, 1.82) is 0 Å². The van der Waals surface area contributed by atoms with Gasteiger partial charge in [-0.15, -0.1) is 0 Å². The maximum Gasteiger partial charge on any atom is 0.217 e. The third kappa shape index (κ3) is 22.1. The lowest BCUT2D eigenvalue weighted by Crippen LogP contribution is -2.71. The quantitative estimate of drug-likeness (QED) is 0.0290. The molecule has 0 bridgehead atoms. The monoisotopic (exact) mass is 1670 g/mol. The summed E-state index contributed by atoms with van der Waals surface area (Å²) in [5.74, 6) is -4.68. The largest absolute Gasteiger partial charge is 0.394 e.